The zero-order chi connectivity index (χ0) is 14.0. The normalized spacial score (nSPS) is 10.5. The van der Waals surface area contributed by atoms with Gasteiger partial charge >= 0.3 is 0 Å². The van der Waals surface area contributed by atoms with E-state index in [0.717, 1.165) is 22.2 Å². The van der Waals surface area contributed by atoms with Gasteiger partial charge in [0.1, 0.15) is 11.6 Å². The standard InChI is InChI=1S/C15H11BrF2O/c1-9-2-3-11(6-13(9)16)15(19)7-10-4-5-12(17)8-14(10)18/h2-6,8H,7H2,1H3. The van der Waals surface area contributed by atoms with Crippen LogP contribution in [0.5, 0.6) is 0 Å². The molecule has 0 unspecified atom stereocenters. The van der Waals surface area contributed by atoms with Crippen LogP contribution < -0.4 is 0 Å². The number of hydrogen-bond donors (Lipinski definition) is 0. The van der Waals surface area contributed by atoms with Crippen LogP contribution in [0.3, 0.4) is 0 Å². The molecule has 0 aliphatic rings. The molecule has 98 valence electrons. The molecule has 0 N–H and O–H groups in total. The maximum atomic E-state index is 13.5. The summed E-state index contributed by atoms with van der Waals surface area (Å²) >= 11 is 3.35. The first kappa shape index (κ1) is 13.9. The predicted molar refractivity (Wildman–Crippen MR) is 73.3 cm³/mol. The molecule has 0 atom stereocenters. The van der Waals surface area contributed by atoms with Gasteiger partial charge in [0.25, 0.3) is 0 Å². The summed E-state index contributed by atoms with van der Waals surface area (Å²) in [6, 6.07) is 8.46. The minimum absolute atomic E-state index is 0.0817. The van der Waals surface area contributed by atoms with E-state index in [9.17, 15) is 13.6 Å². The van der Waals surface area contributed by atoms with Gasteiger partial charge in [0, 0.05) is 22.5 Å². The molecule has 0 heterocycles. The molecule has 1 nitrogen and oxygen atoms in total. The molecule has 0 aliphatic heterocycles. The smallest absolute Gasteiger partial charge is 0.167 e. The third kappa shape index (κ3) is 3.26. The fraction of sp³-hybridized carbons (Fsp3) is 0.133. The summed E-state index contributed by atoms with van der Waals surface area (Å²) in [6.07, 6.45) is -0.0817. The van der Waals surface area contributed by atoms with E-state index in [1.54, 1.807) is 12.1 Å². The average Bonchev–Trinajstić information content (AvgIpc) is 2.36. The third-order valence-electron chi connectivity index (χ3n) is 2.86. The van der Waals surface area contributed by atoms with Crippen LogP contribution >= 0.6 is 15.9 Å². The lowest BCUT2D eigenvalue weighted by Gasteiger charge is -2.05. The van der Waals surface area contributed by atoms with Gasteiger partial charge in [0.2, 0.25) is 0 Å². The monoisotopic (exact) mass is 324 g/mol. The Morgan fingerprint density at radius 3 is 2.53 bits per heavy atom. The maximum absolute atomic E-state index is 13.5. The maximum Gasteiger partial charge on any atom is 0.167 e. The second-order valence-corrected chi connectivity index (χ2v) is 5.15. The van der Waals surface area contributed by atoms with E-state index >= 15 is 0 Å². The number of benzene rings is 2. The minimum Gasteiger partial charge on any atom is -0.294 e. The van der Waals surface area contributed by atoms with Crippen molar-refractivity contribution in [3.63, 3.8) is 0 Å². The highest BCUT2D eigenvalue weighted by Crippen LogP contribution is 2.19. The van der Waals surface area contributed by atoms with Gasteiger partial charge in [-0.25, -0.2) is 8.78 Å². The van der Waals surface area contributed by atoms with E-state index in [0.29, 0.717) is 5.56 Å². The average molecular weight is 325 g/mol. The van der Waals surface area contributed by atoms with Gasteiger partial charge in [-0.3, -0.25) is 4.79 Å². The quantitative estimate of drug-likeness (QED) is 0.762. The Labute approximate surface area is 118 Å². The number of aryl methyl sites for hydroxylation is 1. The first-order valence-electron chi connectivity index (χ1n) is 5.70. The van der Waals surface area contributed by atoms with Gasteiger partial charge in [-0.05, 0) is 30.2 Å². The molecule has 0 amide bonds. The van der Waals surface area contributed by atoms with Gasteiger partial charge < -0.3 is 0 Å². The summed E-state index contributed by atoms with van der Waals surface area (Å²) in [5.74, 6) is -1.54. The number of ketones is 1. The van der Waals surface area contributed by atoms with Gasteiger partial charge in [-0.1, -0.05) is 34.1 Å². The number of rotatable bonds is 3. The second-order valence-electron chi connectivity index (χ2n) is 4.30. The van der Waals surface area contributed by atoms with Gasteiger partial charge in [-0.2, -0.15) is 0 Å². The first-order chi connectivity index (χ1) is 8.97. The van der Waals surface area contributed by atoms with Crippen molar-refractivity contribution in [3.8, 4) is 0 Å². The van der Waals surface area contributed by atoms with Gasteiger partial charge in [0.15, 0.2) is 5.78 Å². The van der Waals surface area contributed by atoms with Crippen molar-refractivity contribution in [1.82, 2.24) is 0 Å². The Bertz CT molecular complexity index is 638. The van der Waals surface area contributed by atoms with E-state index in [1.807, 2.05) is 13.0 Å². The van der Waals surface area contributed by atoms with Gasteiger partial charge in [-0.15, -0.1) is 0 Å². The number of halogens is 3. The molecule has 2 rings (SSSR count). The lowest BCUT2D eigenvalue weighted by Crippen LogP contribution is -2.05. The molecule has 0 radical (unpaired) electrons. The number of carbonyl (C=O) groups excluding carboxylic acids is 1. The van der Waals surface area contributed by atoms with Crippen molar-refractivity contribution in [2.75, 3.05) is 0 Å². The molecule has 0 spiro atoms. The molecule has 2 aromatic carbocycles. The van der Waals surface area contributed by atoms with Crippen molar-refractivity contribution in [3.05, 3.63) is 69.2 Å². The Morgan fingerprint density at radius 1 is 1.16 bits per heavy atom. The molecule has 19 heavy (non-hydrogen) atoms. The first-order valence-corrected chi connectivity index (χ1v) is 6.50. The zero-order valence-electron chi connectivity index (χ0n) is 10.2. The van der Waals surface area contributed by atoms with Crippen LogP contribution in [0.4, 0.5) is 8.78 Å². The van der Waals surface area contributed by atoms with Crippen molar-refractivity contribution >= 4 is 21.7 Å². The summed E-state index contributed by atoms with van der Waals surface area (Å²) in [5, 5.41) is 0. The lowest BCUT2D eigenvalue weighted by atomic mass is 10.0. The van der Waals surface area contributed by atoms with E-state index in [4.69, 9.17) is 0 Å². The molecule has 4 heteroatoms. The Morgan fingerprint density at radius 2 is 1.89 bits per heavy atom. The molecule has 0 saturated heterocycles. The Kier molecular flexibility index (Phi) is 4.10. The van der Waals surface area contributed by atoms with Crippen molar-refractivity contribution in [1.29, 1.82) is 0 Å². The number of hydrogen-bond acceptors (Lipinski definition) is 1. The summed E-state index contributed by atoms with van der Waals surface area (Å²) < 4.78 is 27.1. The van der Waals surface area contributed by atoms with Crippen molar-refractivity contribution < 1.29 is 13.6 Å². The Hall–Kier alpha value is -1.55. The Balaban J connectivity index is 2.23. The topological polar surface area (TPSA) is 17.1 Å². The van der Waals surface area contributed by atoms with E-state index in [2.05, 4.69) is 15.9 Å². The van der Waals surface area contributed by atoms with E-state index in [1.165, 1.54) is 6.07 Å². The van der Waals surface area contributed by atoms with Crippen LogP contribution in [0.15, 0.2) is 40.9 Å². The molecule has 0 fully saturated rings. The van der Waals surface area contributed by atoms with Crippen LogP contribution in [-0.2, 0) is 6.42 Å². The van der Waals surface area contributed by atoms with Crippen molar-refractivity contribution in [2.45, 2.75) is 13.3 Å². The highest BCUT2D eigenvalue weighted by atomic mass is 79.9. The van der Waals surface area contributed by atoms with E-state index < -0.39 is 11.6 Å². The zero-order valence-corrected chi connectivity index (χ0v) is 11.8. The largest absolute Gasteiger partial charge is 0.294 e. The molecule has 2 aromatic rings. The van der Waals surface area contributed by atoms with Crippen LogP contribution in [0.1, 0.15) is 21.5 Å². The SMILES string of the molecule is Cc1ccc(C(=O)Cc2ccc(F)cc2F)cc1Br. The summed E-state index contributed by atoms with van der Waals surface area (Å²) in [7, 11) is 0. The number of carbonyl (C=O) groups is 1. The van der Waals surface area contributed by atoms with Crippen LogP contribution in [0.25, 0.3) is 0 Å². The fourth-order valence-corrected chi connectivity index (χ4v) is 2.09. The molecular formula is C15H11BrF2O. The van der Waals surface area contributed by atoms with E-state index in [-0.39, 0.29) is 17.8 Å². The molecule has 0 saturated carbocycles. The highest BCUT2D eigenvalue weighted by molar-refractivity contribution is 9.10. The third-order valence-corrected chi connectivity index (χ3v) is 3.71. The summed E-state index contributed by atoms with van der Waals surface area (Å²) in [5.41, 5.74) is 1.72. The molecule has 0 aliphatic carbocycles. The van der Waals surface area contributed by atoms with Crippen LogP contribution in [0.2, 0.25) is 0 Å². The van der Waals surface area contributed by atoms with Crippen LogP contribution in [-0.4, -0.2) is 5.78 Å². The van der Waals surface area contributed by atoms with Crippen molar-refractivity contribution in [2.24, 2.45) is 0 Å². The predicted octanol–water partition coefficient (Wildman–Crippen LogP) is 4.46. The minimum atomic E-state index is -0.695. The van der Waals surface area contributed by atoms with Gasteiger partial charge in [0.05, 0.1) is 0 Å². The second kappa shape index (κ2) is 5.61. The summed E-state index contributed by atoms with van der Waals surface area (Å²) in [4.78, 5) is 12.0. The molecular weight excluding hydrogens is 314 g/mol. The summed E-state index contributed by atoms with van der Waals surface area (Å²) in [6.45, 7) is 1.91. The lowest BCUT2D eigenvalue weighted by molar-refractivity contribution is 0.0991. The fourth-order valence-electron chi connectivity index (χ4n) is 1.71. The molecule has 0 bridgehead atoms. The molecule has 0 aromatic heterocycles. The number of Topliss-reactive ketones (excluding diaryl/α,β-unsaturated/α-hetero) is 1. The van der Waals surface area contributed by atoms with Crippen LogP contribution in [0, 0.1) is 18.6 Å². The highest BCUT2D eigenvalue weighted by Gasteiger charge is 2.12.